The summed E-state index contributed by atoms with van der Waals surface area (Å²) in [5.41, 5.74) is 13.1. The zero-order valence-electron chi connectivity index (χ0n) is 32.4. The van der Waals surface area contributed by atoms with Gasteiger partial charge in [0.2, 0.25) is 0 Å². The van der Waals surface area contributed by atoms with Crippen molar-refractivity contribution in [3.63, 3.8) is 0 Å². The Morgan fingerprint density at radius 2 is 0.852 bits per heavy atom. The highest BCUT2D eigenvalue weighted by atomic mass is 16.2. The van der Waals surface area contributed by atoms with Crippen LogP contribution in [-0.4, -0.2) is 34.6 Å². The maximum atomic E-state index is 14.5. The number of nitrogens with two attached hydrogens (primary N) is 1. The quantitative estimate of drug-likeness (QED) is 0.0446. The number of unbranched alkanes of at least 4 members (excludes halogenated alkanes) is 6. The summed E-state index contributed by atoms with van der Waals surface area (Å²) in [6, 6.07) is 15.2. The second kappa shape index (κ2) is 13.5. The summed E-state index contributed by atoms with van der Waals surface area (Å²) in [4.78, 5) is 60.8. The first kappa shape index (κ1) is 35.7. The highest BCUT2D eigenvalue weighted by Gasteiger charge is 2.40. The van der Waals surface area contributed by atoms with E-state index >= 15 is 0 Å². The first-order valence-corrected chi connectivity index (χ1v) is 19.9. The van der Waals surface area contributed by atoms with Gasteiger partial charge < -0.3 is 5.73 Å². The van der Waals surface area contributed by atoms with E-state index in [-0.39, 0.29) is 29.7 Å². The molecule has 0 atom stereocenters. The van der Waals surface area contributed by atoms with E-state index in [1.165, 1.54) is 4.90 Å². The molecule has 6 aromatic carbocycles. The zero-order chi connectivity index (χ0) is 38.2. The van der Waals surface area contributed by atoms with Crippen LogP contribution in [0.5, 0.6) is 0 Å². The van der Waals surface area contributed by atoms with Crippen molar-refractivity contribution in [3.8, 4) is 0 Å². The van der Waals surface area contributed by atoms with Crippen LogP contribution in [0.3, 0.4) is 0 Å². The summed E-state index contributed by atoms with van der Waals surface area (Å²) >= 11 is 0. The van der Waals surface area contributed by atoms with Crippen LogP contribution in [0.15, 0.2) is 48.5 Å². The van der Waals surface area contributed by atoms with Gasteiger partial charge in [0.15, 0.2) is 0 Å². The van der Waals surface area contributed by atoms with Crippen molar-refractivity contribution in [2.45, 2.75) is 112 Å². The number of nitrogen functional groups attached to an aromatic ring is 1. The maximum Gasteiger partial charge on any atom is 0.266 e. The fourth-order valence-electron chi connectivity index (χ4n) is 9.49. The molecule has 2 N–H and O–H groups in total. The molecule has 0 spiro atoms. The number of benzene rings is 6. The van der Waals surface area contributed by atoms with Crippen LogP contribution < -0.4 is 10.6 Å². The molecule has 2 aliphatic heterocycles. The molecule has 0 unspecified atom stereocenters. The number of carbonyl (C=O) groups excluding carboxylic acids is 4. The monoisotopic (exact) mass is 719 g/mol. The van der Waals surface area contributed by atoms with Crippen LogP contribution in [0.1, 0.15) is 142 Å². The number of anilines is 2. The molecule has 7 nitrogen and oxygen atoms in total. The number of hydrogen-bond acceptors (Lipinski definition) is 5. The van der Waals surface area contributed by atoms with Gasteiger partial charge in [0.05, 0.1) is 5.69 Å². The molecule has 0 fully saturated rings. The third kappa shape index (κ3) is 5.07. The Morgan fingerprint density at radius 1 is 0.481 bits per heavy atom. The molecule has 0 aromatic heterocycles. The Bertz CT molecular complexity index is 2420. The van der Waals surface area contributed by atoms with E-state index in [4.69, 9.17) is 5.73 Å². The van der Waals surface area contributed by atoms with Crippen molar-refractivity contribution in [2.24, 2.45) is 0 Å². The number of imide groups is 2. The van der Waals surface area contributed by atoms with Gasteiger partial charge in [-0.3, -0.25) is 24.1 Å². The summed E-state index contributed by atoms with van der Waals surface area (Å²) in [6.07, 6.45) is 10.4. The molecule has 0 saturated carbocycles. The molecule has 4 amide bonds. The molecule has 0 saturated heterocycles. The summed E-state index contributed by atoms with van der Waals surface area (Å²) < 4.78 is 0. The molecule has 8 rings (SSSR count). The lowest BCUT2D eigenvalue weighted by molar-refractivity contribution is 0.0516. The highest BCUT2D eigenvalue weighted by Crippen LogP contribution is 2.48. The smallest absolute Gasteiger partial charge is 0.266 e. The third-order valence-electron chi connectivity index (χ3n) is 12.7. The van der Waals surface area contributed by atoms with E-state index in [9.17, 15) is 19.2 Å². The molecule has 0 aliphatic carbocycles. The van der Waals surface area contributed by atoms with E-state index in [1.54, 1.807) is 4.90 Å². The maximum absolute atomic E-state index is 14.5. The molecule has 276 valence electrons. The summed E-state index contributed by atoms with van der Waals surface area (Å²) in [5, 5.41) is 6.61. The standard InChI is InChI=1S/C47H49N3O4/c1-7-9-11-13-15-29(16-14-12-10-8-2)49-44(51)34-21-17-30-32-19-23-36-41-37(24-20-33(39(32)41)31-18-22-35(45(49)52)40(34)38(30)31)47(54)50(46(36)53)43-27(5)25(3)42(48)26(4)28(43)6/h17-24,29H,7-16,48H2,1-6H3. The van der Waals surface area contributed by atoms with E-state index in [2.05, 4.69) is 13.8 Å². The predicted molar refractivity (Wildman–Crippen MR) is 220 cm³/mol. The van der Waals surface area contributed by atoms with Crippen LogP contribution >= 0.6 is 0 Å². The third-order valence-corrected chi connectivity index (χ3v) is 12.7. The lowest BCUT2D eigenvalue weighted by atomic mass is 9.81. The van der Waals surface area contributed by atoms with Gasteiger partial charge in [0.1, 0.15) is 0 Å². The molecule has 0 radical (unpaired) electrons. The van der Waals surface area contributed by atoms with Crippen LogP contribution in [0.25, 0.3) is 43.1 Å². The molecule has 7 heteroatoms. The average Bonchev–Trinajstić information content (AvgIpc) is 3.18. The van der Waals surface area contributed by atoms with Crippen LogP contribution in [0.4, 0.5) is 11.4 Å². The highest BCUT2D eigenvalue weighted by molar-refractivity contribution is 6.44. The molecule has 54 heavy (non-hydrogen) atoms. The van der Waals surface area contributed by atoms with E-state index in [0.717, 1.165) is 119 Å². The second-order valence-electron chi connectivity index (χ2n) is 15.7. The Morgan fingerprint density at radius 3 is 1.22 bits per heavy atom. The number of fused-ring (bicyclic) bond motifs is 2. The van der Waals surface area contributed by atoms with Gasteiger partial charge in [-0.05, 0) is 119 Å². The SMILES string of the molecule is CCCCCCC(CCCCCC)N1C(=O)c2ccc3c4ccc5c6c(ccc(c7ccc(c2c37)C1=O)c64)C(=O)N(c1c(C)c(C)c(N)c(C)c1C)C5=O. The van der Waals surface area contributed by atoms with Crippen molar-refractivity contribution in [3.05, 3.63) is 93.0 Å². The van der Waals surface area contributed by atoms with Crippen LogP contribution in [-0.2, 0) is 0 Å². The van der Waals surface area contributed by atoms with Gasteiger partial charge in [0.25, 0.3) is 23.6 Å². The van der Waals surface area contributed by atoms with E-state index < -0.39 is 0 Å². The van der Waals surface area contributed by atoms with Crippen molar-refractivity contribution in [1.82, 2.24) is 4.90 Å². The molecule has 0 bridgehead atoms. The molecular weight excluding hydrogens is 671 g/mol. The predicted octanol–water partition coefficient (Wildman–Crippen LogP) is 11.3. The molecule has 2 heterocycles. The van der Waals surface area contributed by atoms with Gasteiger partial charge in [0, 0.05) is 44.8 Å². The second-order valence-corrected chi connectivity index (χ2v) is 15.7. The summed E-state index contributed by atoms with van der Waals surface area (Å²) in [5.74, 6) is -1.15. The number of nitrogens with zero attached hydrogens (tertiary/aromatic N) is 2. The van der Waals surface area contributed by atoms with Gasteiger partial charge in [-0.25, -0.2) is 4.90 Å². The van der Waals surface area contributed by atoms with Gasteiger partial charge in [-0.1, -0.05) is 89.5 Å². The number of carbonyl (C=O) groups is 4. The minimum atomic E-state index is -0.364. The first-order valence-electron chi connectivity index (χ1n) is 19.9. The summed E-state index contributed by atoms with van der Waals surface area (Å²) in [6.45, 7) is 12.1. The van der Waals surface area contributed by atoms with Crippen molar-refractivity contribution in [2.75, 3.05) is 10.6 Å². The van der Waals surface area contributed by atoms with Crippen molar-refractivity contribution >= 4 is 78.1 Å². The fourth-order valence-corrected chi connectivity index (χ4v) is 9.49. The minimum Gasteiger partial charge on any atom is -0.398 e. The van der Waals surface area contributed by atoms with Crippen LogP contribution in [0, 0.1) is 27.7 Å². The Kier molecular flexibility index (Phi) is 8.95. The largest absolute Gasteiger partial charge is 0.398 e. The fraction of sp³-hybridized carbons (Fsp3) is 0.362. The Labute approximate surface area is 316 Å². The van der Waals surface area contributed by atoms with Crippen molar-refractivity contribution in [1.29, 1.82) is 0 Å². The van der Waals surface area contributed by atoms with Crippen molar-refractivity contribution < 1.29 is 19.2 Å². The topological polar surface area (TPSA) is 101 Å². The summed E-state index contributed by atoms with van der Waals surface area (Å²) in [7, 11) is 0. The van der Waals surface area contributed by atoms with E-state index in [0.29, 0.717) is 44.4 Å². The van der Waals surface area contributed by atoms with Crippen LogP contribution in [0.2, 0.25) is 0 Å². The Hall–Kier alpha value is -5.30. The van der Waals surface area contributed by atoms with Gasteiger partial charge in [-0.15, -0.1) is 0 Å². The Balaban J connectivity index is 1.27. The molecule has 6 aromatic rings. The number of rotatable bonds is 12. The number of amides is 4. The minimum absolute atomic E-state index is 0.130. The first-order chi connectivity index (χ1) is 26.0. The lowest BCUT2D eigenvalue weighted by Gasteiger charge is -2.35. The zero-order valence-corrected chi connectivity index (χ0v) is 32.4. The van der Waals surface area contributed by atoms with E-state index in [1.807, 2.05) is 76.2 Å². The average molecular weight is 720 g/mol. The molecular formula is C47H49N3O4. The number of hydrogen-bond donors (Lipinski definition) is 1. The molecule has 2 aliphatic rings. The van der Waals surface area contributed by atoms with Gasteiger partial charge in [-0.2, -0.15) is 0 Å². The normalized spacial score (nSPS) is 14.4. The lowest BCUT2D eigenvalue weighted by Crippen LogP contribution is -2.47. The van der Waals surface area contributed by atoms with Gasteiger partial charge >= 0.3 is 0 Å².